The van der Waals surface area contributed by atoms with E-state index in [1.165, 1.54) is 18.6 Å². The first-order valence-electron chi connectivity index (χ1n) is 13.1. The van der Waals surface area contributed by atoms with Crippen LogP contribution in [0.1, 0.15) is 49.3 Å². The Morgan fingerprint density at radius 3 is 2.51 bits per heavy atom. The van der Waals surface area contributed by atoms with Crippen LogP contribution in [0.5, 0.6) is 5.75 Å². The number of anilines is 1. The monoisotopic (exact) mass is 495 g/mol. The van der Waals surface area contributed by atoms with E-state index in [1.807, 2.05) is 30.3 Å². The molecule has 6 rings (SSSR count). The van der Waals surface area contributed by atoms with Gasteiger partial charge in [0.2, 0.25) is 0 Å². The number of aromatic nitrogens is 1. The van der Waals surface area contributed by atoms with E-state index in [9.17, 15) is 9.65 Å². The minimum atomic E-state index is -0.233. The van der Waals surface area contributed by atoms with Crippen molar-refractivity contribution >= 4 is 16.6 Å². The first kappa shape index (κ1) is 23.6. The molecule has 0 spiro atoms. The van der Waals surface area contributed by atoms with Crippen molar-refractivity contribution in [3.63, 3.8) is 0 Å². The summed E-state index contributed by atoms with van der Waals surface area (Å²) >= 11 is 0. The molecule has 2 fully saturated rings. The zero-order chi connectivity index (χ0) is 25.2. The third-order valence-corrected chi connectivity index (χ3v) is 7.54. The number of halogens is 1. The van der Waals surface area contributed by atoms with Gasteiger partial charge in [-0.05, 0) is 66.8 Å². The lowest BCUT2D eigenvalue weighted by molar-refractivity contribution is 0.0256. The normalized spacial score (nSPS) is 16.3. The van der Waals surface area contributed by atoms with Gasteiger partial charge in [0.1, 0.15) is 23.7 Å². The van der Waals surface area contributed by atoms with Crippen LogP contribution in [0.25, 0.3) is 22.2 Å². The highest BCUT2D eigenvalue weighted by Gasteiger charge is 2.28. The Balaban J connectivity index is 1.33. The maximum atomic E-state index is 13.5. The third kappa shape index (κ3) is 4.80. The predicted molar refractivity (Wildman–Crippen MR) is 143 cm³/mol. The van der Waals surface area contributed by atoms with Crippen LogP contribution < -0.4 is 10.1 Å². The second-order valence-electron chi connectivity index (χ2n) is 9.96. The molecule has 1 N–H and O–H groups in total. The van der Waals surface area contributed by atoms with E-state index in [0.29, 0.717) is 18.2 Å². The standard InChI is InChI=1S/C31H30FN3O2/c32-23-4-1-3-21(17-23)20-34-24-9-7-22(8-10-24)31-29(19-33)28-12-11-27(37-26-13-15-36-16-14-26)18-30(28)35(31)25-5-2-6-25/h1,3-4,7-12,17-18,25-26,34H,2,5-6,13-16,20H2. The fraction of sp³-hybridized carbons (Fsp3) is 0.323. The Morgan fingerprint density at radius 2 is 1.81 bits per heavy atom. The highest BCUT2D eigenvalue weighted by atomic mass is 19.1. The Labute approximate surface area is 216 Å². The molecule has 1 aliphatic heterocycles. The highest BCUT2D eigenvalue weighted by molar-refractivity contribution is 5.95. The van der Waals surface area contributed by atoms with Crippen molar-refractivity contribution in [3.05, 3.63) is 83.7 Å². The van der Waals surface area contributed by atoms with E-state index in [0.717, 1.165) is 78.1 Å². The number of nitrogens with one attached hydrogen (secondary N) is 1. The maximum absolute atomic E-state index is 13.5. The number of benzene rings is 3. The summed E-state index contributed by atoms with van der Waals surface area (Å²) in [5.41, 5.74) is 5.60. The molecule has 1 aromatic heterocycles. The largest absolute Gasteiger partial charge is 0.490 e. The minimum Gasteiger partial charge on any atom is -0.490 e. The molecular weight excluding hydrogens is 465 g/mol. The second kappa shape index (κ2) is 10.3. The van der Waals surface area contributed by atoms with Gasteiger partial charge in [-0.2, -0.15) is 5.26 Å². The zero-order valence-electron chi connectivity index (χ0n) is 20.8. The number of fused-ring (bicyclic) bond motifs is 1. The molecule has 2 aliphatic rings. The van der Waals surface area contributed by atoms with Crippen molar-refractivity contribution in [2.45, 2.75) is 50.8 Å². The highest BCUT2D eigenvalue weighted by Crippen LogP contribution is 2.43. The van der Waals surface area contributed by atoms with Crippen LogP contribution in [0.4, 0.5) is 10.1 Å². The molecule has 0 unspecified atom stereocenters. The molecule has 1 aliphatic carbocycles. The van der Waals surface area contributed by atoms with Gasteiger partial charge >= 0.3 is 0 Å². The number of nitriles is 1. The molecule has 0 bridgehead atoms. The molecule has 3 aromatic carbocycles. The molecule has 0 atom stereocenters. The van der Waals surface area contributed by atoms with Crippen molar-refractivity contribution in [2.24, 2.45) is 0 Å². The fourth-order valence-corrected chi connectivity index (χ4v) is 5.37. The van der Waals surface area contributed by atoms with Gasteiger partial charge in [0.15, 0.2) is 0 Å². The number of nitrogens with zero attached hydrogens (tertiary/aromatic N) is 2. The predicted octanol–water partition coefficient (Wildman–Crippen LogP) is 7.21. The van der Waals surface area contributed by atoms with E-state index >= 15 is 0 Å². The summed E-state index contributed by atoms with van der Waals surface area (Å²) in [4.78, 5) is 0. The average molecular weight is 496 g/mol. The molecular formula is C31H30FN3O2. The number of ether oxygens (including phenoxy) is 2. The van der Waals surface area contributed by atoms with Gasteiger partial charge in [-0.3, -0.25) is 0 Å². The van der Waals surface area contributed by atoms with Gasteiger partial charge in [0.05, 0.1) is 30.0 Å². The van der Waals surface area contributed by atoms with E-state index in [2.05, 4.69) is 34.2 Å². The molecule has 2 heterocycles. The Bertz CT molecular complexity index is 1440. The lowest BCUT2D eigenvalue weighted by atomic mass is 9.92. The van der Waals surface area contributed by atoms with Gasteiger partial charge in [-0.1, -0.05) is 24.3 Å². The van der Waals surface area contributed by atoms with Crippen molar-refractivity contribution in [2.75, 3.05) is 18.5 Å². The molecule has 6 heteroatoms. The van der Waals surface area contributed by atoms with Crippen molar-refractivity contribution < 1.29 is 13.9 Å². The summed E-state index contributed by atoms with van der Waals surface area (Å²) < 4.78 is 27.7. The van der Waals surface area contributed by atoms with E-state index in [4.69, 9.17) is 9.47 Å². The molecule has 1 saturated carbocycles. The SMILES string of the molecule is N#Cc1c(-c2ccc(NCc3cccc(F)c3)cc2)n(C2CCC2)c2cc(OC3CCOCC3)ccc12. The second-order valence-corrected chi connectivity index (χ2v) is 9.96. The third-order valence-electron chi connectivity index (χ3n) is 7.54. The van der Waals surface area contributed by atoms with Crippen LogP contribution in [0.3, 0.4) is 0 Å². The van der Waals surface area contributed by atoms with Crippen LogP contribution in [-0.4, -0.2) is 23.9 Å². The molecule has 188 valence electrons. The number of hydrogen-bond acceptors (Lipinski definition) is 4. The lowest BCUT2D eigenvalue weighted by Gasteiger charge is -2.30. The van der Waals surface area contributed by atoms with E-state index in [-0.39, 0.29) is 11.9 Å². The van der Waals surface area contributed by atoms with Crippen LogP contribution in [0.15, 0.2) is 66.7 Å². The van der Waals surface area contributed by atoms with Crippen LogP contribution in [-0.2, 0) is 11.3 Å². The molecule has 1 saturated heterocycles. The summed E-state index contributed by atoms with van der Waals surface area (Å²) in [5, 5.41) is 14.6. The summed E-state index contributed by atoms with van der Waals surface area (Å²) in [6.07, 6.45) is 5.39. The van der Waals surface area contributed by atoms with E-state index in [1.54, 1.807) is 6.07 Å². The Hall–Kier alpha value is -3.82. The number of hydrogen-bond donors (Lipinski definition) is 1. The Morgan fingerprint density at radius 1 is 1.00 bits per heavy atom. The zero-order valence-corrected chi connectivity index (χ0v) is 20.8. The topological polar surface area (TPSA) is 59.2 Å². The Kier molecular flexibility index (Phi) is 6.55. The van der Waals surface area contributed by atoms with Crippen LogP contribution >= 0.6 is 0 Å². The molecule has 0 amide bonds. The molecule has 4 aromatic rings. The first-order valence-corrected chi connectivity index (χ1v) is 13.1. The van der Waals surface area contributed by atoms with Crippen molar-refractivity contribution in [1.82, 2.24) is 4.57 Å². The smallest absolute Gasteiger partial charge is 0.123 e. The van der Waals surface area contributed by atoms with Gasteiger partial charge in [-0.15, -0.1) is 0 Å². The molecule has 5 nitrogen and oxygen atoms in total. The maximum Gasteiger partial charge on any atom is 0.123 e. The summed E-state index contributed by atoms with van der Waals surface area (Å²) in [5.74, 6) is 0.620. The van der Waals surface area contributed by atoms with Crippen molar-refractivity contribution in [3.8, 4) is 23.1 Å². The summed E-state index contributed by atoms with van der Waals surface area (Å²) in [7, 11) is 0. The van der Waals surface area contributed by atoms with Gasteiger partial charge in [0.25, 0.3) is 0 Å². The van der Waals surface area contributed by atoms with Crippen molar-refractivity contribution in [1.29, 1.82) is 5.26 Å². The summed E-state index contributed by atoms with van der Waals surface area (Å²) in [6.45, 7) is 2.02. The van der Waals surface area contributed by atoms with Crippen LogP contribution in [0, 0.1) is 17.1 Å². The molecule has 0 radical (unpaired) electrons. The van der Waals surface area contributed by atoms with Gasteiger partial charge in [-0.25, -0.2) is 4.39 Å². The minimum absolute atomic E-state index is 0.167. The molecule has 37 heavy (non-hydrogen) atoms. The van der Waals surface area contributed by atoms with Gasteiger partial charge in [0, 0.05) is 42.6 Å². The lowest BCUT2D eigenvalue weighted by Crippen LogP contribution is -2.25. The summed E-state index contributed by atoms with van der Waals surface area (Å²) in [6, 6.07) is 23.8. The van der Waals surface area contributed by atoms with Gasteiger partial charge < -0.3 is 19.4 Å². The first-order chi connectivity index (χ1) is 18.2. The van der Waals surface area contributed by atoms with E-state index < -0.39 is 0 Å². The quantitative estimate of drug-likeness (QED) is 0.294. The van der Waals surface area contributed by atoms with Crippen LogP contribution in [0.2, 0.25) is 0 Å². The fourth-order valence-electron chi connectivity index (χ4n) is 5.37. The average Bonchev–Trinajstić information content (AvgIpc) is 3.20. The number of rotatable bonds is 7.